The van der Waals surface area contributed by atoms with Gasteiger partial charge >= 0.3 is 5.97 Å². The second kappa shape index (κ2) is 3.61. The smallest absolute Gasteiger partial charge is 0.303 e. The van der Waals surface area contributed by atoms with Gasteiger partial charge in [0, 0.05) is 6.61 Å². The first-order valence-corrected chi connectivity index (χ1v) is 1.91. The van der Waals surface area contributed by atoms with E-state index in [1.54, 1.807) is 0 Å². The second-order valence-electron chi connectivity index (χ2n) is 1.07. The summed E-state index contributed by atoms with van der Waals surface area (Å²) >= 11 is 0. The predicted octanol–water partition coefficient (Wildman–Crippen LogP) is -0.342. The maximum atomic E-state index is 9.62. The molecule has 0 bridgehead atoms. The van der Waals surface area contributed by atoms with Crippen LogP contribution in [0.1, 0.15) is 6.42 Å². The van der Waals surface area contributed by atoms with Crippen molar-refractivity contribution in [3.63, 3.8) is 0 Å². The summed E-state index contributed by atoms with van der Waals surface area (Å²) in [5, 5.41) is 15.9. The third-order valence-corrected chi connectivity index (χ3v) is 0.448. The van der Waals surface area contributed by atoms with E-state index in [1.165, 1.54) is 6.42 Å². The highest BCUT2D eigenvalue weighted by atomic mass is 16.4. The molecule has 0 aromatic carbocycles. The van der Waals surface area contributed by atoms with Crippen molar-refractivity contribution in [1.82, 2.24) is 0 Å². The third kappa shape index (κ3) is 5.43. The van der Waals surface area contributed by atoms with Crippen LogP contribution in [0.2, 0.25) is 0 Å². The van der Waals surface area contributed by atoms with Crippen molar-refractivity contribution in [1.29, 1.82) is 0 Å². The molecule has 0 aromatic heterocycles. The van der Waals surface area contributed by atoms with E-state index in [-0.39, 0.29) is 13.0 Å². The van der Waals surface area contributed by atoms with Gasteiger partial charge in [-0.25, -0.2) is 0 Å². The molecule has 1 radical (unpaired) electrons. The van der Waals surface area contributed by atoms with Crippen LogP contribution in [0.15, 0.2) is 0 Å². The van der Waals surface area contributed by atoms with Gasteiger partial charge in [-0.15, -0.1) is 0 Å². The molecule has 0 unspecified atom stereocenters. The predicted molar refractivity (Wildman–Crippen MR) is 23.6 cm³/mol. The van der Waals surface area contributed by atoms with Gasteiger partial charge in [0.2, 0.25) is 0 Å². The Morgan fingerprint density at radius 2 is 2.29 bits per heavy atom. The minimum Gasteiger partial charge on any atom is -0.481 e. The molecule has 0 aromatic rings. The molecule has 0 spiro atoms. The molecule has 2 N–H and O–H groups in total. The van der Waals surface area contributed by atoms with Gasteiger partial charge in [0.05, 0.1) is 6.42 Å². The zero-order chi connectivity index (χ0) is 5.70. The van der Waals surface area contributed by atoms with Gasteiger partial charge in [0.1, 0.15) is 0 Å². The van der Waals surface area contributed by atoms with Gasteiger partial charge in [-0.3, -0.25) is 4.79 Å². The number of aliphatic hydroxyl groups excluding tert-OH is 1. The van der Waals surface area contributed by atoms with E-state index in [1.807, 2.05) is 0 Å². The molecule has 7 heavy (non-hydrogen) atoms. The number of rotatable bonds is 3. The van der Waals surface area contributed by atoms with Gasteiger partial charge in [-0.1, -0.05) is 0 Å². The van der Waals surface area contributed by atoms with Crippen LogP contribution in [0.3, 0.4) is 0 Å². The molecule has 0 saturated carbocycles. The maximum Gasteiger partial charge on any atom is 0.303 e. The fourth-order valence-corrected chi connectivity index (χ4v) is 0.188. The topological polar surface area (TPSA) is 57.5 Å². The molecule has 0 aliphatic rings. The van der Waals surface area contributed by atoms with Crippen molar-refractivity contribution in [2.75, 3.05) is 6.61 Å². The lowest BCUT2D eigenvalue weighted by Gasteiger charge is -1.84. The average molecular weight is 103 g/mol. The summed E-state index contributed by atoms with van der Waals surface area (Å²) in [7, 11) is 0. The molecular weight excluding hydrogens is 96.0 g/mol. The van der Waals surface area contributed by atoms with Crippen molar-refractivity contribution in [3.8, 4) is 0 Å². The zero-order valence-electron chi connectivity index (χ0n) is 3.79. The monoisotopic (exact) mass is 103 g/mol. The quantitative estimate of drug-likeness (QED) is 0.513. The van der Waals surface area contributed by atoms with Crippen LogP contribution >= 0.6 is 0 Å². The summed E-state index contributed by atoms with van der Waals surface area (Å²) in [6.45, 7) is -0.160. The highest BCUT2D eigenvalue weighted by Gasteiger charge is 1.92. The average Bonchev–Trinajstić information content (AvgIpc) is 1.61. The summed E-state index contributed by atoms with van der Waals surface area (Å²) in [6.07, 6.45) is 1.22. The SMILES string of the molecule is O=C(O)C[CH]CO. The Hall–Kier alpha value is -0.570. The van der Waals surface area contributed by atoms with Crippen molar-refractivity contribution in [3.05, 3.63) is 6.42 Å². The van der Waals surface area contributed by atoms with Crippen molar-refractivity contribution < 1.29 is 15.0 Å². The Morgan fingerprint density at radius 1 is 1.71 bits per heavy atom. The minimum absolute atomic E-state index is 0.0590. The van der Waals surface area contributed by atoms with Crippen LogP contribution in [0.4, 0.5) is 0 Å². The van der Waals surface area contributed by atoms with Crippen LogP contribution in [-0.4, -0.2) is 22.8 Å². The lowest BCUT2D eigenvalue weighted by Crippen LogP contribution is -1.96. The van der Waals surface area contributed by atoms with E-state index < -0.39 is 5.97 Å². The Labute approximate surface area is 41.6 Å². The van der Waals surface area contributed by atoms with Crippen LogP contribution < -0.4 is 0 Å². The van der Waals surface area contributed by atoms with Gasteiger partial charge in [-0.2, -0.15) is 0 Å². The molecule has 3 heteroatoms. The zero-order valence-corrected chi connectivity index (χ0v) is 3.79. The number of hydrogen-bond donors (Lipinski definition) is 2. The first kappa shape index (κ1) is 6.43. The fraction of sp³-hybridized carbons (Fsp3) is 0.500. The van der Waals surface area contributed by atoms with Crippen LogP contribution in [0, 0.1) is 6.42 Å². The summed E-state index contributed by atoms with van der Waals surface area (Å²) in [5.41, 5.74) is 0. The van der Waals surface area contributed by atoms with E-state index >= 15 is 0 Å². The Balaban J connectivity index is 2.82. The number of aliphatic hydroxyl groups is 1. The molecule has 41 valence electrons. The molecule has 0 amide bonds. The summed E-state index contributed by atoms with van der Waals surface area (Å²) in [4.78, 5) is 9.62. The Bertz CT molecular complexity index is 60.0. The fourth-order valence-electron chi connectivity index (χ4n) is 0.188. The maximum absolute atomic E-state index is 9.62. The molecule has 3 nitrogen and oxygen atoms in total. The summed E-state index contributed by atoms with van der Waals surface area (Å²) in [5.74, 6) is -0.908. The second-order valence-corrected chi connectivity index (χ2v) is 1.07. The molecule has 0 aliphatic carbocycles. The first-order valence-electron chi connectivity index (χ1n) is 1.91. The molecular formula is C4H7O3. The van der Waals surface area contributed by atoms with Crippen molar-refractivity contribution in [2.45, 2.75) is 6.42 Å². The van der Waals surface area contributed by atoms with Gasteiger partial charge in [-0.05, 0) is 6.42 Å². The molecule has 0 atom stereocenters. The minimum atomic E-state index is -0.908. The van der Waals surface area contributed by atoms with Crippen LogP contribution in [0.5, 0.6) is 0 Å². The Kier molecular flexibility index (Phi) is 3.32. The third-order valence-electron chi connectivity index (χ3n) is 0.448. The molecule has 0 heterocycles. The number of carbonyl (C=O) groups is 1. The highest BCUT2D eigenvalue weighted by Crippen LogP contribution is 1.81. The van der Waals surface area contributed by atoms with E-state index in [0.717, 1.165) is 0 Å². The largest absolute Gasteiger partial charge is 0.481 e. The van der Waals surface area contributed by atoms with Crippen LogP contribution in [-0.2, 0) is 4.79 Å². The number of aliphatic carboxylic acids is 1. The summed E-state index contributed by atoms with van der Waals surface area (Å²) in [6, 6.07) is 0. The van der Waals surface area contributed by atoms with Gasteiger partial charge in [0.15, 0.2) is 0 Å². The van der Waals surface area contributed by atoms with Crippen molar-refractivity contribution in [2.24, 2.45) is 0 Å². The lowest BCUT2D eigenvalue weighted by molar-refractivity contribution is -0.136. The van der Waals surface area contributed by atoms with Crippen molar-refractivity contribution >= 4 is 5.97 Å². The van der Waals surface area contributed by atoms with Gasteiger partial charge in [0.25, 0.3) is 0 Å². The molecule has 0 rings (SSSR count). The number of carboxylic acids is 1. The number of hydrogen-bond acceptors (Lipinski definition) is 2. The van der Waals surface area contributed by atoms with E-state index in [2.05, 4.69) is 0 Å². The molecule has 0 aliphatic heterocycles. The molecule has 0 saturated heterocycles. The van der Waals surface area contributed by atoms with Crippen LogP contribution in [0.25, 0.3) is 0 Å². The lowest BCUT2D eigenvalue weighted by atomic mass is 10.3. The van der Waals surface area contributed by atoms with E-state index in [0.29, 0.717) is 0 Å². The van der Waals surface area contributed by atoms with Gasteiger partial charge < -0.3 is 10.2 Å². The number of carboxylic acid groups (broad SMARTS) is 1. The first-order chi connectivity index (χ1) is 3.27. The normalized spacial score (nSPS) is 8.71. The van der Waals surface area contributed by atoms with E-state index in [9.17, 15) is 4.79 Å². The highest BCUT2D eigenvalue weighted by molar-refractivity contribution is 5.67. The summed E-state index contributed by atoms with van der Waals surface area (Å²) < 4.78 is 0. The molecule has 0 fully saturated rings. The Morgan fingerprint density at radius 3 is 2.43 bits per heavy atom. The standard InChI is InChI=1S/C4H7O3/c5-3-1-2-4(6)7/h1,5H,2-3H2,(H,6,7). The van der Waals surface area contributed by atoms with E-state index in [4.69, 9.17) is 10.2 Å².